The molecule has 3 unspecified atom stereocenters. The van der Waals surface area contributed by atoms with Crippen LogP contribution in [0.2, 0.25) is 0 Å². The highest BCUT2D eigenvalue weighted by Crippen LogP contribution is 2.50. The first-order chi connectivity index (χ1) is 3.38. The SMILES string of the molecule is CC1C=CC2CC12. The minimum Gasteiger partial charge on any atom is -0.0851 e. The van der Waals surface area contributed by atoms with Crippen LogP contribution in [0, 0.1) is 17.8 Å². The van der Waals surface area contributed by atoms with Crippen LogP contribution in [0.3, 0.4) is 0 Å². The zero-order valence-corrected chi connectivity index (χ0v) is 4.59. The molecule has 7 heavy (non-hydrogen) atoms. The Labute approximate surface area is 44.2 Å². The summed E-state index contributed by atoms with van der Waals surface area (Å²) in [6, 6.07) is 0. The lowest BCUT2D eigenvalue weighted by Gasteiger charge is -1.93. The molecule has 0 aromatic rings. The molecule has 0 radical (unpaired) electrons. The maximum Gasteiger partial charge on any atom is -0.0196 e. The Morgan fingerprint density at radius 1 is 1.43 bits per heavy atom. The van der Waals surface area contributed by atoms with Crippen molar-refractivity contribution in [3.05, 3.63) is 12.2 Å². The zero-order chi connectivity index (χ0) is 4.85. The van der Waals surface area contributed by atoms with Crippen molar-refractivity contribution >= 4 is 0 Å². The monoisotopic (exact) mass is 94.1 g/mol. The molecule has 2 aliphatic carbocycles. The van der Waals surface area contributed by atoms with Crippen LogP contribution in [0.4, 0.5) is 0 Å². The van der Waals surface area contributed by atoms with Gasteiger partial charge >= 0.3 is 0 Å². The molecule has 0 amide bonds. The Bertz CT molecular complexity index is 113. The molecule has 0 aromatic heterocycles. The molecule has 0 N–H and O–H groups in total. The summed E-state index contributed by atoms with van der Waals surface area (Å²) in [6.45, 7) is 2.31. The van der Waals surface area contributed by atoms with Gasteiger partial charge in [-0.2, -0.15) is 0 Å². The van der Waals surface area contributed by atoms with Gasteiger partial charge in [0.15, 0.2) is 0 Å². The van der Waals surface area contributed by atoms with Crippen LogP contribution in [-0.2, 0) is 0 Å². The van der Waals surface area contributed by atoms with Crippen LogP contribution in [0.25, 0.3) is 0 Å². The van der Waals surface area contributed by atoms with E-state index >= 15 is 0 Å². The first kappa shape index (κ1) is 3.71. The van der Waals surface area contributed by atoms with Crippen molar-refractivity contribution in [2.75, 3.05) is 0 Å². The lowest BCUT2D eigenvalue weighted by molar-refractivity contribution is 0.634. The normalized spacial score (nSPS) is 54.7. The molecule has 0 aromatic carbocycles. The van der Waals surface area contributed by atoms with E-state index in [1.54, 1.807) is 0 Å². The first-order valence-corrected chi connectivity index (χ1v) is 3.06. The summed E-state index contributed by atoms with van der Waals surface area (Å²) >= 11 is 0. The summed E-state index contributed by atoms with van der Waals surface area (Å²) < 4.78 is 0. The van der Waals surface area contributed by atoms with E-state index in [0.29, 0.717) is 0 Å². The summed E-state index contributed by atoms with van der Waals surface area (Å²) in [7, 11) is 0. The van der Waals surface area contributed by atoms with Crippen molar-refractivity contribution in [2.24, 2.45) is 17.8 Å². The second-order valence-corrected chi connectivity index (χ2v) is 2.81. The van der Waals surface area contributed by atoms with E-state index in [-0.39, 0.29) is 0 Å². The van der Waals surface area contributed by atoms with Gasteiger partial charge < -0.3 is 0 Å². The van der Waals surface area contributed by atoms with Gasteiger partial charge in [-0.05, 0) is 24.2 Å². The van der Waals surface area contributed by atoms with E-state index in [2.05, 4.69) is 19.1 Å². The third-order valence-corrected chi connectivity index (χ3v) is 2.23. The molecule has 0 nitrogen and oxygen atoms in total. The maximum atomic E-state index is 2.37. The van der Waals surface area contributed by atoms with Gasteiger partial charge in [-0.1, -0.05) is 19.1 Å². The van der Waals surface area contributed by atoms with E-state index in [9.17, 15) is 0 Å². The summed E-state index contributed by atoms with van der Waals surface area (Å²) in [6.07, 6.45) is 6.20. The lowest BCUT2D eigenvalue weighted by Crippen LogP contribution is -1.85. The molecule has 0 heterocycles. The van der Waals surface area contributed by atoms with Crippen LogP contribution >= 0.6 is 0 Å². The molecule has 2 rings (SSSR count). The van der Waals surface area contributed by atoms with E-state index < -0.39 is 0 Å². The van der Waals surface area contributed by atoms with Crippen LogP contribution in [0.1, 0.15) is 13.3 Å². The number of hydrogen-bond acceptors (Lipinski definition) is 0. The summed E-state index contributed by atoms with van der Waals surface area (Å²) in [4.78, 5) is 0. The Morgan fingerprint density at radius 3 is 2.43 bits per heavy atom. The molecule has 38 valence electrons. The fourth-order valence-corrected chi connectivity index (χ4v) is 1.52. The third-order valence-electron chi connectivity index (χ3n) is 2.23. The highest BCUT2D eigenvalue weighted by Gasteiger charge is 2.41. The van der Waals surface area contributed by atoms with Gasteiger partial charge in [0.2, 0.25) is 0 Å². The second kappa shape index (κ2) is 0.936. The molecule has 0 bridgehead atoms. The largest absolute Gasteiger partial charge is 0.0851 e. The van der Waals surface area contributed by atoms with Gasteiger partial charge in [0, 0.05) is 0 Å². The number of allylic oxidation sites excluding steroid dienone is 2. The summed E-state index contributed by atoms with van der Waals surface area (Å²) in [5.74, 6) is 2.99. The molecule has 1 fully saturated rings. The van der Waals surface area contributed by atoms with Gasteiger partial charge in [-0.3, -0.25) is 0 Å². The molecule has 3 atom stereocenters. The van der Waals surface area contributed by atoms with Crippen molar-refractivity contribution in [3.63, 3.8) is 0 Å². The molecule has 0 aliphatic heterocycles. The summed E-state index contributed by atoms with van der Waals surface area (Å²) in [5.41, 5.74) is 0. The average Bonchev–Trinajstić information content (AvgIpc) is 2.33. The number of fused-ring (bicyclic) bond motifs is 1. The van der Waals surface area contributed by atoms with Crippen molar-refractivity contribution in [1.29, 1.82) is 0 Å². The van der Waals surface area contributed by atoms with Gasteiger partial charge in [0.25, 0.3) is 0 Å². The van der Waals surface area contributed by atoms with E-state index in [1.165, 1.54) is 6.42 Å². The van der Waals surface area contributed by atoms with Crippen LogP contribution in [-0.4, -0.2) is 0 Å². The topological polar surface area (TPSA) is 0 Å². The van der Waals surface area contributed by atoms with E-state index in [0.717, 1.165) is 17.8 Å². The Kier molecular flexibility index (Phi) is 0.495. The summed E-state index contributed by atoms with van der Waals surface area (Å²) in [5, 5.41) is 0. The van der Waals surface area contributed by atoms with Crippen molar-refractivity contribution < 1.29 is 0 Å². The minimum absolute atomic E-state index is 0.907. The van der Waals surface area contributed by atoms with Crippen LogP contribution in [0.5, 0.6) is 0 Å². The Hall–Kier alpha value is -0.260. The average molecular weight is 94.2 g/mol. The Balaban J connectivity index is 2.22. The van der Waals surface area contributed by atoms with Gasteiger partial charge in [-0.25, -0.2) is 0 Å². The highest BCUT2D eigenvalue weighted by atomic mass is 14.5. The maximum absolute atomic E-state index is 2.37. The van der Waals surface area contributed by atoms with Gasteiger partial charge in [-0.15, -0.1) is 0 Å². The van der Waals surface area contributed by atoms with Crippen molar-refractivity contribution in [1.82, 2.24) is 0 Å². The molecule has 0 spiro atoms. The minimum atomic E-state index is 0.907. The molecule has 2 aliphatic rings. The van der Waals surface area contributed by atoms with E-state index in [4.69, 9.17) is 0 Å². The molecule has 1 saturated carbocycles. The van der Waals surface area contributed by atoms with Crippen molar-refractivity contribution in [3.8, 4) is 0 Å². The van der Waals surface area contributed by atoms with E-state index in [1.807, 2.05) is 0 Å². The van der Waals surface area contributed by atoms with Crippen LogP contribution in [0.15, 0.2) is 12.2 Å². The van der Waals surface area contributed by atoms with Crippen LogP contribution < -0.4 is 0 Å². The second-order valence-electron chi connectivity index (χ2n) is 2.81. The smallest absolute Gasteiger partial charge is 0.0196 e. The predicted octanol–water partition coefficient (Wildman–Crippen LogP) is 1.83. The quantitative estimate of drug-likeness (QED) is 0.402. The van der Waals surface area contributed by atoms with Gasteiger partial charge in [0.1, 0.15) is 0 Å². The van der Waals surface area contributed by atoms with Gasteiger partial charge in [0.05, 0.1) is 0 Å². The number of hydrogen-bond donors (Lipinski definition) is 0. The fourth-order valence-electron chi connectivity index (χ4n) is 1.52. The molecular formula is C7H10. The third kappa shape index (κ3) is 0.370. The molecule has 0 heteroatoms. The zero-order valence-electron chi connectivity index (χ0n) is 4.59. The molecular weight excluding hydrogens is 84.1 g/mol. The first-order valence-electron chi connectivity index (χ1n) is 3.06. The highest BCUT2D eigenvalue weighted by molar-refractivity contribution is 5.14. The Morgan fingerprint density at radius 2 is 2.29 bits per heavy atom. The number of rotatable bonds is 0. The predicted molar refractivity (Wildman–Crippen MR) is 29.9 cm³/mol. The van der Waals surface area contributed by atoms with Crippen molar-refractivity contribution in [2.45, 2.75) is 13.3 Å². The molecule has 0 saturated heterocycles. The standard InChI is InChI=1S/C7H10/c1-5-2-3-6-4-7(5)6/h2-3,5-7H,4H2,1H3. The fraction of sp³-hybridized carbons (Fsp3) is 0.714. The lowest BCUT2D eigenvalue weighted by atomic mass is 10.1.